The maximum absolute atomic E-state index is 12.5. The second-order valence-electron chi connectivity index (χ2n) is 6.23. The number of hydrogen-bond acceptors (Lipinski definition) is 6. The third kappa shape index (κ3) is 7.97. The van der Waals surface area contributed by atoms with Gasteiger partial charge in [-0.15, -0.1) is 5.10 Å². The molecule has 0 aromatic carbocycles. The van der Waals surface area contributed by atoms with E-state index in [-0.39, 0.29) is 31.0 Å². The van der Waals surface area contributed by atoms with E-state index >= 15 is 0 Å². The summed E-state index contributed by atoms with van der Waals surface area (Å²) in [6.45, 7) is 1.36. The van der Waals surface area contributed by atoms with E-state index in [0.717, 1.165) is 0 Å². The van der Waals surface area contributed by atoms with Crippen molar-refractivity contribution in [3.63, 3.8) is 0 Å². The van der Waals surface area contributed by atoms with Crippen molar-refractivity contribution >= 4 is 23.9 Å². The summed E-state index contributed by atoms with van der Waals surface area (Å²) in [6, 6.07) is -4.00. The number of hydrogen-bond donors (Lipinski definition) is 5. The molecule has 1 heterocycles. The van der Waals surface area contributed by atoms with Crippen molar-refractivity contribution in [1.29, 1.82) is 0 Å². The molecule has 0 aliphatic rings. The summed E-state index contributed by atoms with van der Waals surface area (Å²) in [4.78, 5) is 44.9. The number of aliphatic carboxylic acids is 3. The number of carbonyl (C=O) groups is 4. The van der Waals surface area contributed by atoms with E-state index in [9.17, 15) is 28.7 Å². The summed E-state index contributed by atoms with van der Waals surface area (Å²) < 4.78 is 13.9. The Morgan fingerprint density at radius 2 is 1.75 bits per heavy atom. The van der Waals surface area contributed by atoms with Crippen molar-refractivity contribution in [2.24, 2.45) is 5.92 Å². The zero-order valence-electron chi connectivity index (χ0n) is 15.0. The molecule has 1 aromatic heterocycles. The van der Waals surface area contributed by atoms with Crippen LogP contribution in [0.5, 0.6) is 0 Å². The molecule has 0 fully saturated rings. The standard InChI is InChI=1S/C15H22FN5O7/c1-8(5-16)6-21-7-9(19-20-21)4-11(14(26)27)18-15(28)17-10(13(24)25)2-3-12(22)23/h7-8,10-11H,2-6H2,1H3,(H,22,23)(H,24,25)(H,26,27)(H2,17,18,28)/t8?,10-,11-/m0/s1. The predicted molar refractivity (Wildman–Crippen MR) is 90.2 cm³/mol. The number of nitrogens with zero attached hydrogens (tertiary/aromatic N) is 3. The normalized spacial score (nSPS) is 13.9. The summed E-state index contributed by atoms with van der Waals surface area (Å²) in [5, 5.41) is 38.5. The molecule has 0 saturated heterocycles. The van der Waals surface area contributed by atoms with E-state index in [0.29, 0.717) is 0 Å². The monoisotopic (exact) mass is 403 g/mol. The second-order valence-corrected chi connectivity index (χ2v) is 6.23. The Labute approximate surface area is 158 Å². The van der Waals surface area contributed by atoms with E-state index in [1.165, 1.54) is 10.9 Å². The number of amides is 2. The van der Waals surface area contributed by atoms with Crippen molar-refractivity contribution in [2.45, 2.75) is 44.8 Å². The molecule has 5 N–H and O–H groups in total. The Kier molecular flexibility index (Phi) is 8.78. The van der Waals surface area contributed by atoms with Gasteiger partial charge in [-0.25, -0.2) is 14.4 Å². The Morgan fingerprint density at radius 1 is 1.14 bits per heavy atom. The first-order valence-corrected chi connectivity index (χ1v) is 8.31. The molecule has 1 aromatic rings. The van der Waals surface area contributed by atoms with E-state index in [2.05, 4.69) is 15.6 Å². The molecular formula is C15H22FN5O7. The third-order valence-electron chi connectivity index (χ3n) is 3.62. The number of carboxylic acids is 3. The fraction of sp³-hybridized carbons (Fsp3) is 0.600. The molecule has 0 saturated carbocycles. The number of rotatable bonds is 12. The van der Waals surface area contributed by atoms with Crippen molar-refractivity contribution in [3.05, 3.63) is 11.9 Å². The lowest BCUT2D eigenvalue weighted by Gasteiger charge is -2.17. The fourth-order valence-electron chi connectivity index (χ4n) is 2.18. The fourth-order valence-corrected chi connectivity index (χ4v) is 2.18. The molecule has 0 bridgehead atoms. The number of carbonyl (C=O) groups excluding carboxylic acids is 1. The van der Waals surface area contributed by atoms with Gasteiger partial charge in [0.15, 0.2) is 0 Å². The van der Waals surface area contributed by atoms with E-state index < -0.39 is 49.1 Å². The third-order valence-corrected chi connectivity index (χ3v) is 3.62. The van der Waals surface area contributed by atoms with E-state index in [4.69, 9.17) is 10.2 Å². The van der Waals surface area contributed by atoms with Gasteiger partial charge in [-0.1, -0.05) is 12.1 Å². The van der Waals surface area contributed by atoms with Gasteiger partial charge in [0.2, 0.25) is 0 Å². The lowest BCUT2D eigenvalue weighted by Crippen LogP contribution is -2.51. The van der Waals surface area contributed by atoms with Crippen LogP contribution in [0.3, 0.4) is 0 Å². The number of carboxylic acid groups (broad SMARTS) is 3. The van der Waals surface area contributed by atoms with Gasteiger partial charge in [-0.05, 0) is 6.42 Å². The van der Waals surface area contributed by atoms with Gasteiger partial charge in [-0.2, -0.15) is 0 Å². The molecule has 13 heteroatoms. The summed E-state index contributed by atoms with van der Waals surface area (Å²) >= 11 is 0. The lowest BCUT2D eigenvalue weighted by molar-refractivity contribution is -0.140. The number of aromatic nitrogens is 3. The van der Waals surface area contributed by atoms with Gasteiger partial charge in [-0.3, -0.25) is 13.9 Å². The van der Waals surface area contributed by atoms with Crippen molar-refractivity contribution in [3.8, 4) is 0 Å². The highest BCUT2D eigenvalue weighted by Gasteiger charge is 2.26. The Bertz CT molecular complexity index is 711. The van der Waals surface area contributed by atoms with Crippen LogP contribution in [0.2, 0.25) is 0 Å². The lowest BCUT2D eigenvalue weighted by atomic mass is 10.1. The summed E-state index contributed by atoms with van der Waals surface area (Å²) in [5.74, 6) is -4.37. The van der Waals surface area contributed by atoms with Crippen LogP contribution in [-0.4, -0.2) is 73.0 Å². The van der Waals surface area contributed by atoms with Crippen LogP contribution in [0.4, 0.5) is 9.18 Å². The van der Waals surface area contributed by atoms with Gasteiger partial charge in [0.1, 0.15) is 12.1 Å². The molecular weight excluding hydrogens is 381 g/mol. The maximum atomic E-state index is 12.5. The topological polar surface area (TPSA) is 184 Å². The largest absolute Gasteiger partial charge is 0.481 e. The minimum Gasteiger partial charge on any atom is -0.481 e. The zero-order chi connectivity index (χ0) is 21.3. The van der Waals surface area contributed by atoms with Crippen LogP contribution in [0, 0.1) is 5.92 Å². The van der Waals surface area contributed by atoms with Crippen LogP contribution >= 0.6 is 0 Å². The highest BCUT2D eigenvalue weighted by molar-refractivity contribution is 5.86. The van der Waals surface area contributed by atoms with E-state index in [1.807, 2.05) is 5.32 Å². The van der Waals surface area contributed by atoms with Crippen molar-refractivity contribution in [1.82, 2.24) is 25.6 Å². The Balaban J connectivity index is 2.68. The van der Waals surface area contributed by atoms with Gasteiger partial charge < -0.3 is 26.0 Å². The van der Waals surface area contributed by atoms with Crippen molar-refractivity contribution in [2.75, 3.05) is 6.67 Å². The first-order chi connectivity index (χ1) is 13.1. The summed E-state index contributed by atoms with van der Waals surface area (Å²) in [6.07, 6.45) is 0.338. The van der Waals surface area contributed by atoms with Crippen LogP contribution < -0.4 is 10.6 Å². The molecule has 0 radical (unpaired) electrons. The average molecular weight is 403 g/mol. The highest BCUT2D eigenvalue weighted by atomic mass is 19.1. The smallest absolute Gasteiger partial charge is 0.326 e. The van der Waals surface area contributed by atoms with Crippen LogP contribution in [0.25, 0.3) is 0 Å². The van der Waals surface area contributed by atoms with Gasteiger partial charge >= 0.3 is 23.9 Å². The minimum absolute atomic E-state index is 0.236. The SMILES string of the molecule is CC(CF)Cn1cc(C[C@H](NC(=O)N[C@@H](CCC(=O)O)C(=O)O)C(=O)O)nn1. The van der Waals surface area contributed by atoms with Gasteiger partial charge in [0.25, 0.3) is 0 Å². The molecule has 0 spiro atoms. The number of urea groups is 1. The quantitative estimate of drug-likeness (QED) is 0.307. The van der Waals surface area contributed by atoms with Gasteiger partial charge in [0.05, 0.1) is 12.4 Å². The van der Waals surface area contributed by atoms with E-state index in [1.54, 1.807) is 6.92 Å². The average Bonchev–Trinajstić information content (AvgIpc) is 3.04. The molecule has 1 rings (SSSR count). The first-order valence-electron chi connectivity index (χ1n) is 8.31. The number of nitrogens with one attached hydrogen (secondary N) is 2. The minimum atomic E-state index is -1.49. The van der Waals surface area contributed by atoms with Crippen LogP contribution in [0.1, 0.15) is 25.5 Å². The first kappa shape index (κ1) is 22.8. The Morgan fingerprint density at radius 3 is 2.29 bits per heavy atom. The second kappa shape index (κ2) is 10.8. The number of alkyl halides is 1. The maximum Gasteiger partial charge on any atom is 0.326 e. The number of halogens is 1. The molecule has 2 amide bonds. The molecule has 12 nitrogen and oxygen atoms in total. The molecule has 0 aliphatic heterocycles. The Hall–Kier alpha value is -3.25. The van der Waals surface area contributed by atoms with Crippen LogP contribution in [0.15, 0.2) is 6.20 Å². The molecule has 1 unspecified atom stereocenters. The zero-order valence-corrected chi connectivity index (χ0v) is 15.0. The summed E-state index contributed by atoms with van der Waals surface area (Å²) in [5.41, 5.74) is 0.236. The van der Waals surface area contributed by atoms with Gasteiger partial charge in [0, 0.05) is 31.5 Å². The molecule has 0 aliphatic carbocycles. The molecule has 28 heavy (non-hydrogen) atoms. The predicted octanol–water partition coefficient (Wildman–Crippen LogP) is -0.503. The highest BCUT2D eigenvalue weighted by Crippen LogP contribution is 2.04. The van der Waals surface area contributed by atoms with Crippen LogP contribution in [-0.2, 0) is 27.3 Å². The molecule has 3 atom stereocenters. The summed E-state index contributed by atoms with van der Waals surface area (Å²) in [7, 11) is 0. The molecule has 156 valence electrons. The van der Waals surface area contributed by atoms with Crippen molar-refractivity contribution < 1.29 is 38.9 Å².